The van der Waals surface area contributed by atoms with Crippen molar-refractivity contribution in [2.45, 2.75) is 13.3 Å². The number of Topliss-reactive ketones (excluding diaryl/α,β-unsaturated/α-hetero) is 1. The van der Waals surface area contributed by atoms with E-state index < -0.39 is 5.82 Å². The Morgan fingerprint density at radius 2 is 2.33 bits per heavy atom. The minimum absolute atomic E-state index is 0.131. The molecule has 0 radical (unpaired) electrons. The van der Waals surface area contributed by atoms with Crippen LogP contribution in [0.2, 0.25) is 0 Å². The van der Waals surface area contributed by atoms with Crippen LogP contribution in [0.4, 0.5) is 4.39 Å². The number of rotatable bonds is 2. The Labute approximate surface area is 88.1 Å². The van der Waals surface area contributed by atoms with E-state index >= 15 is 0 Å². The molecule has 2 nitrogen and oxygen atoms in total. The van der Waals surface area contributed by atoms with Crippen LogP contribution in [0.5, 0.6) is 0 Å². The van der Waals surface area contributed by atoms with E-state index in [0.717, 1.165) is 0 Å². The van der Waals surface area contributed by atoms with Crippen molar-refractivity contribution in [3.8, 4) is 0 Å². The van der Waals surface area contributed by atoms with Crippen LogP contribution in [-0.2, 0) is 4.74 Å². The summed E-state index contributed by atoms with van der Waals surface area (Å²) in [4.78, 5) is 11.9. The smallest absolute Gasteiger partial charge is 0.171 e. The number of carbonyl (C=O) groups excluding carboxylic acids is 1. The van der Waals surface area contributed by atoms with Gasteiger partial charge in [0.15, 0.2) is 5.78 Å². The highest BCUT2D eigenvalue weighted by Crippen LogP contribution is 2.21. The zero-order chi connectivity index (χ0) is 10.8. The molecule has 0 aromatic heterocycles. The summed E-state index contributed by atoms with van der Waals surface area (Å²) in [5.74, 6) is -0.690. The average molecular weight is 208 g/mol. The van der Waals surface area contributed by atoms with Crippen molar-refractivity contribution in [3.05, 3.63) is 35.1 Å². The van der Waals surface area contributed by atoms with Gasteiger partial charge in [-0.25, -0.2) is 4.39 Å². The summed E-state index contributed by atoms with van der Waals surface area (Å²) in [6.07, 6.45) is 0.701. The standard InChI is InChI=1S/C12H13FO2/c1-8-3-2-4-10(11(8)13)12(14)9-5-6-15-7-9/h2-4,9H,5-7H2,1H3. The summed E-state index contributed by atoms with van der Waals surface area (Å²) in [6, 6.07) is 4.92. The van der Waals surface area contributed by atoms with E-state index in [0.29, 0.717) is 25.2 Å². The van der Waals surface area contributed by atoms with Crippen LogP contribution in [0.1, 0.15) is 22.3 Å². The van der Waals surface area contributed by atoms with Crippen molar-refractivity contribution >= 4 is 5.78 Å². The topological polar surface area (TPSA) is 26.3 Å². The molecule has 0 bridgehead atoms. The molecule has 15 heavy (non-hydrogen) atoms. The van der Waals surface area contributed by atoms with Gasteiger partial charge in [-0.05, 0) is 25.0 Å². The number of ether oxygens (including phenoxy) is 1. The van der Waals surface area contributed by atoms with Crippen molar-refractivity contribution in [2.24, 2.45) is 5.92 Å². The van der Waals surface area contributed by atoms with Crippen LogP contribution in [0.15, 0.2) is 18.2 Å². The van der Waals surface area contributed by atoms with Crippen LogP contribution in [0, 0.1) is 18.7 Å². The Balaban J connectivity index is 2.28. The fraction of sp³-hybridized carbons (Fsp3) is 0.417. The lowest BCUT2D eigenvalue weighted by atomic mass is 9.95. The van der Waals surface area contributed by atoms with E-state index in [2.05, 4.69) is 0 Å². The summed E-state index contributed by atoms with van der Waals surface area (Å²) >= 11 is 0. The van der Waals surface area contributed by atoms with Gasteiger partial charge < -0.3 is 4.74 Å². The third-order valence-electron chi connectivity index (χ3n) is 2.76. The van der Waals surface area contributed by atoms with Crippen LogP contribution < -0.4 is 0 Å². The highest BCUT2D eigenvalue weighted by Gasteiger charge is 2.26. The van der Waals surface area contributed by atoms with Gasteiger partial charge in [0.25, 0.3) is 0 Å². The van der Waals surface area contributed by atoms with E-state index in [9.17, 15) is 9.18 Å². The first-order valence-corrected chi connectivity index (χ1v) is 5.07. The quantitative estimate of drug-likeness (QED) is 0.697. The number of aryl methyl sites for hydroxylation is 1. The molecule has 0 saturated carbocycles. The van der Waals surface area contributed by atoms with Gasteiger partial charge in [0, 0.05) is 12.5 Å². The van der Waals surface area contributed by atoms with Crippen LogP contribution in [-0.4, -0.2) is 19.0 Å². The molecule has 1 unspecified atom stereocenters. The van der Waals surface area contributed by atoms with E-state index in [4.69, 9.17) is 4.74 Å². The molecule has 80 valence electrons. The molecule has 1 fully saturated rings. The Hall–Kier alpha value is -1.22. The number of halogens is 1. The van der Waals surface area contributed by atoms with Gasteiger partial charge in [0.1, 0.15) is 5.82 Å². The van der Waals surface area contributed by atoms with Crippen molar-refractivity contribution in [1.29, 1.82) is 0 Å². The van der Waals surface area contributed by atoms with E-state index in [1.54, 1.807) is 25.1 Å². The lowest BCUT2D eigenvalue weighted by Crippen LogP contribution is -2.16. The molecule has 0 amide bonds. The number of ketones is 1. The van der Waals surface area contributed by atoms with Gasteiger partial charge >= 0.3 is 0 Å². The van der Waals surface area contributed by atoms with Crippen LogP contribution in [0.25, 0.3) is 0 Å². The predicted octanol–water partition coefficient (Wildman–Crippen LogP) is 2.35. The molecular formula is C12H13FO2. The molecule has 0 spiro atoms. The number of carbonyl (C=O) groups is 1. The molecule has 0 N–H and O–H groups in total. The normalized spacial score (nSPS) is 20.5. The first-order valence-electron chi connectivity index (χ1n) is 5.07. The number of benzene rings is 1. The Morgan fingerprint density at radius 1 is 1.53 bits per heavy atom. The third kappa shape index (κ3) is 1.92. The summed E-state index contributed by atoms with van der Waals surface area (Å²) in [6.45, 7) is 2.69. The summed E-state index contributed by atoms with van der Waals surface area (Å²) in [5.41, 5.74) is 0.713. The van der Waals surface area contributed by atoms with E-state index in [-0.39, 0.29) is 17.3 Å². The molecule has 1 aromatic carbocycles. The zero-order valence-corrected chi connectivity index (χ0v) is 8.63. The van der Waals surface area contributed by atoms with Crippen molar-refractivity contribution < 1.29 is 13.9 Å². The minimum Gasteiger partial charge on any atom is -0.381 e. The lowest BCUT2D eigenvalue weighted by molar-refractivity contribution is 0.0896. The maximum atomic E-state index is 13.6. The first-order chi connectivity index (χ1) is 7.20. The molecule has 0 aliphatic carbocycles. The third-order valence-corrected chi connectivity index (χ3v) is 2.76. The summed E-state index contributed by atoms with van der Waals surface area (Å²) in [7, 11) is 0. The largest absolute Gasteiger partial charge is 0.381 e. The minimum atomic E-state index is -0.394. The summed E-state index contributed by atoms with van der Waals surface area (Å²) in [5, 5.41) is 0. The molecule has 1 heterocycles. The zero-order valence-electron chi connectivity index (χ0n) is 8.63. The Kier molecular flexibility index (Phi) is 2.82. The Bertz CT molecular complexity index is 381. The average Bonchev–Trinajstić information content (AvgIpc) is 2.74. The monoisotopic (exact) mass is 208 g/mol. The lowest BCUT2D eigenvalue weighted by Gasteiger charge is -2.08. The number of hydrogen-bond acceptors (Lipinski definition) is 2. The molecule has 1 aliphatic rings. The molecule has 2 rings (SSSR count). The number of hydrogen-bond donors (Lipinski definition) is 0. The van der Waals surface area contributed by atoms with Crippen molar-refractivity contribution in [3.63, 3.8) is 0 Å². The van der Waals surface area contributed by atoms with Crippen LogP contribution in [0.3, 0.4) is 0 Å². The predicted molar refractivity (Wildman–Crippen MR) is 54.4 cm³/mol. The second kappa shape index (κ2) is 4.11. The fourth-order valence-corrected chi connectivity index (χ4v) is 1.80. The molecule has 1 atom stereocenters. The fourth-order valence-electron chi connectivity index (χ4n) is 1.80. The van der Waals surface area contributed by atoms with Gasteiger partial charge in [0.05, 0.1) is 12.2 Å². The van der Waals surface area contributed by atoms with Gasteiger partial charge in [0.2, 0.25) is 0 Å². The second-order valence-electron chi connectivity index (χ2n) is 3.86. The molecule has 1 aromatic rings. The second-order valence-corrected chi connectivity index (χ2v) is 3.86. The van der Waals surface area contributed by atoms with Crippen LogP contribution >= 0.6 is 0 Å². The Morgan fingerprint density at radius 3 is 3.00 bits per heavy atom. The maximum absolute atomic E-state index is 13.6. The molecule has 1 aliphatic heterocycles. The van der Waals surface area contributed by atoms with E-state index in [1.165, 1.54) is 0 Å². The molecular weight excluding hydrogens is 195 g/mol. The van der Waals surface area contributed by atoms with Crippen molar-refractivity contribution in [2.75, 3.05) is 13.2 Å². The first kappa shape index (κ1) is 10.3. The highest BCUT2D eigenvalue weighted by atomic mass is 19.1. The van der Waals surface area contributed by atoms with Gasteiger partial charge in [-0.2, -0.15) is 0 Å². The van der Waals surface area contributed by atoms with Gasteiger partial charge in [-0.3, -0.25) is 4.79 Å². The van der Waals surface area contributed by atoms with Crippen molar-refractivity contribution in [1.82, 2.24) is 0 Å². The molecule has 1 saturated heterocycles. The SMILES string of the molecule is Cc1cccc(C(=O)C2CCOC2)c1F. The van der Waals surface area contributed by atoms with E-state index in [1.807, 2.05) is 0 Å². The van der Waals surface area contributed by atoms with Gasteiger partial charge in [-0.15, -0.1) is 0 Å². The highest BCUT2D eigenvalue weighted by molar-refractivity contribution is 5.98. The molecule has 3 heteroatoms. The maximum Gasteiger partial charge on any atom is 0.171 e. The van der Waals surface area contributed by atoms with Gasteiger partial charge in [-0.1, -0.05) is 12.1 Å². The summed E-state index contributed by atoms with van der Waals surface area (Å²) < 4.78 is 18.8.